The lowest BCUT2D eigenvalue weighted by atomic mass is 9.95. The molecule has 0 bridgehead atoms. The molecule has 0 fully saturated rings. The molecule has 1 atom stereocenters. The maximum Gasteiger partial charge on any atom is 0.241 e. The summed E-state index contributed by atoms with van der Waals surface area (Å²) in [5.74, 6) is 0.477. The lowest BCUT2D eigenvalue weighted by Gasteiger charge is -2.24. The van der Waals surface area contributed by atoms with Crippen LogP contribution in [0.25, 0.3) is 10.8 Å². The molecule has 0 aromatic heterocycles. The van der Waals surface area contributed by atoms with E-state index in [2.05, 4.69) is 41.8 Å². The summed E-state index contributed by atoms with van der Waals surface area (Å²) >= 11 is 0. The van der Waals surface area contributed by atoms with Crippen LogP contribution in [-0.4, -0.2) is 31.8 Å². The molecule has 212 valence electrons. The van der Waals surface area contributed by atoms with Crippen molar-refractivity contribution in [1.29, 1.82) is 0 Å². The lowest BCUT2D eigenvalue weighted by molar-refractivity contribution is 0.472. The molecule has 0 aliphatic heterocycles. The van der Waals surface area contributed by atoms with Gasteiger partial charge in [-0.2, -0.15) is 5.10 Å². The van der Waals surface area contributed by atoms with Crippen molar-refractivity contribution in [3.05, 3.63) is 103 Å². The first-order chi connectivity index (χ1) is 18.6. The second-order valence-corrected chi connectivity index (χ2v) is 11.2. The third-order valence-corrected chi connectivity index (χ3v) is 7.05. The molecule has 7 heteroatoms. The van der Waals surface area contributed by atoms with Gasteiger partial charge in [-0.15, -0.1) is 0 Å². The van der Waals surface area contributed by atoms with Gasteiger partial charge in [0.05, 0.1) is 29.5 Å². The Morgan fingerprint density at radius 3 is 2.31 bits per heavy atom. The van der Waals surface area contributed by atoms with Crippen LogP contribution >= 0.6 is 0 Å². The van der Waals surface area contributed by atoms with Crippen molar-refractivity contribution in [3.8, 4) is 0 Å². The van der Waals surface area contributed by atoms with Crippen LogP contribution in [0.2, 0.25) is 0 Å². The quantitative estimate of drug-likeness (QED) is 0.0602. The van der Waals surface area contributed by atoms with Crippen molar-refractivity contribution in [2.24, 2.45) is 16.9 Å². The minimum absolute atomic E-state index is 0.0207. The van der Waals surface area contributed by atoms with E-state index >= 15 is 0 Å². The normalized spacial score (nSPS) is 13.9. The fraction of sp³-hybridized carbons (Fsp3) is 0.344. The summed E-state index contributed by atoms with van der Waals surface area (Å²) in [6.45, 7) is 16.4. The largest absolute Gasteiger partial charge is 0.516 e. The highest BCUT2D eigenvalue weighted by Crippen LogP contribution is 2.24. The van der Waals surface area contributed by atoms with E-state index in [1.165, 1.54) is 0 Å². The zero-order valence-electron chi connectivity index (χ0n) is 24.1. The number of rotatable bonds is 13. The van der Waals surface area contributed by atoms with Gasteiger partial charge in [-0.1, -0.05) is 113 Å². The van der Waals surface area contributed by atoms with Crippen molar-refractivity contribution in [2.75, 3.05) is 6.54 Å². The Labute approximate surface area is 235 Å². The number of fused-ring (bicyclic) bond motifs is 1. The molecule has 3 N–H and O–H groups in total. The third-order valence-electron chi connectivity index (χ3n) is 5.52. The zero-order chi connectivity index (χ0) is 29.3. The molecule has 0 radical (unpaired) electrons. The van der Waals surface area contributed by atoms with Crippen LogP contribution in [-0.2, 0) is 10.0 Å². The maximum absolute atomic E-state index is 13.7. The molecule has 0 aliphatic carbocycles. The van der Waals surface area contributed by atoms with Gasteiger partial charge in [0, 0.05) is 5.39 Å². The summed E-state index contributed by atoms with van der Waals surface area (Å²) in [7, 11) is -3.84. The Bertz CT molecular complexity index is 1280. The van der Waals surface area contributed by atoms with E-state index in [1.807, 2.05) is 75.4 Å². The summed E-state index contributed by atoms with van der Waals surface area (Å²) in [5, 5.41) is 13.9. The minimum Gasteiger partial charge on any atom is -0.516 e. The highest BCUT2D eigenvalue weighted by molar-refractivity contribution is 7.89. The van der Waals surface area contributed by atoms with Gasteiger partial charge in [-0.05, 0) is 49.1 Å². The number of hydrazone groups is 1. The van der Waals surface area contributed by atoms with Gasteiger partial charge in [-0.25, -0.2) is 13.1 Å². The summed E-state index contributed by atoms with van der Waals surface area (Å²) in [6, 6.07) is 12.3. The third kappa shape index (κ3) is 11.9. The summed E-state index contributed by atoms with van der Waals surface area (Å²) < 4.78 is 30.3. The predicted octanol–water partition coefficient (Wildman–Crippen LogP) is 7.46. The Kier molecular flexibility index (Phi) is 15.5. The van der Waals surface area contributed by atoms with E-state index < -0.39 is 16.1 Å². The monoisotopic (exact) mass is 551 g/mol. The lowest BCUT2D eigenvalue weighted by Crippen LogP contribution is -2.43. The molecule has 2 aromatic carbocycles. The molecular weight excluding hydrogens is 506 g/mol. The standard InChI is InChI=1S/C29H39N3O2S.C3H6O/c1-7-13-24(14-8-2)21-27(29(23(5)6)31-30-20-12-15-22(3)4)32-35(33,34)28-19-11-17-25-16-9-10-18-26(25)28;1-2-3-4/h7-19,22-23,27,30,32H,1,20-21H2,2-6H3;2-4H,1H3/b14-8-,15-12+,24-13+,31-29+;3-2+. The average molecular weight is 552 g/mol. The Balaban J connectivity index is 0.00000177. The molecule has 0 heterocycles. The van der Waals surface area contributed by atoms with Crippen LogP contribution in [0.4, 0.5) is 0 Å². The fourth-order valence-corrected chi connectivity index (χ4v) is 5.26. The molecule has 0 aliphatic rings. The van der Waals surface area contributed by atoms with E-state index in [4.69, 9.17) is 5.11 Å². The molecule has 39 heavy (non-hydrogen) atoms. The molecule has 0 saturated heterocycles. The molecule has 1 unspecified atom stereocenters. The van der Waals surface area contributed by atoms with Crippen LogP contribution in [0.5, 0.6) is 0 Å². The Hall–Kier alpha value is -3.42. The van der Waals surface area contributed by atoms with E-state index in [0.29, 0.717) is 24.3 Å². The highest BCUT2D eigenvalue weighted by atomic mass is 32.2. The van der Waals surface area contributed by atoms with Gasteiger partial charge in [0.15, 0.2) is 0 Å². The molecule has 0 spiro atoms. The van der Waals surface area contributed by atoms with Gasteiger partial charge in [0.2, 0.25) is 10.0 Å². The number of nitrogens with zero attached hydrogens (tertiary/aromatic N) is 1. The van der Waals surface area contributed by atoms with Crippen LogP contribution in [0.1, 0.15) is 48.0 Å². The van der Waals surface area contributed by atoms with E-state index in [0.717, 1.165) is 22.9 Å². The van der Waals surface area contributed by atoms with Crippen molar-refractivity contribution < 1.29 is 13.5 Å². The van der Waals surface area contributed by atoms with Gasteiger partial charge in [0.25, 0.3) is 0 Å². The van der Waals surface area contributed by atoms with Crippen LogP contribution in [0, 0.1) is 11.8 Å². The van der Waals surface area contributed by atoms with E-state index in [9.17, 15) is 8.42 Å². The number of allylic oxidation sites excluding steroid dienone is 6. The number of aliphatic hydroxyl groups is 1. The van der Waals surface area contributed by atoms with E-state index in [-0.39, 0.29) is 10.8 Å². The summed E-state index contributed by atoms with van der Waals surface area (Å²) in [5.41, 5.74) is 4.81. The van der Waals surface area contributed by atoms with Gasteiger partial charge < -0.3 is 10.5 Å². The second kappa shape index (κ2) is 18.0. The van der Waals surface area contributed by atoms with Crippen LogP contribution < -0.4 is 10.1 Å². The van der Waals surface area contributed by atoms with Crippen molar-refractivity contribution in [2.45, 2.75) is 58.9 Å². The maximum atomic E-state index is 13.7. The van der Waals surface area contributed by atoms with Gasteiger partial charge >= 0.3 is 0 Å². The average Bonchev–Trinajstić information content (AvgIpc) is 2.90. The number of nitrogens with one attached hydrogen (secondary N) is 2. The Morgan fingerprint density at radius 1 is 1.05 bits per heavy atom. The van der Waals surface area contributed by atoms with Gasteiger partial charge in [0.1, 0.15) is 0 Å². The first-order valence-corrected chi connectivity index (χ1v) is 14.8. The zero-order valence-corrected chi connectivity index (χ0v) is 24.9. The number of hydrogen-bond donors (Lipinski definition) is 3. The van der Waals surface area contributed by atoms with Gasteiger partial charge in [-0.3, -0.25) is 0 Å². The molecule has 6 nitrogen and oxygen atoms in total. The summed E-state index contributed by atoms with van der Waals surface area (Å²) in [4.78, 5) is 0.261. The molecule has 2 rings (SSSR count). The number of benzene rings is 2. The SMILES string of the molecule is C/C=C/O.C=C/C=C(\C=C/C)CC(NS(=O)(=O)c1cccc2ccccc12)/C(=N/NC/C=C/C(C)C)C(C)C. The smallest absolute Gasteiger partial charge is 0.241 e. The van der Waals surface area contributed by atoms with Crippen LogP contribution in [0.3, 0.4) is 0 Å². The topological polar surface area (TPSA) is 90.8 Å². The Morgan fingerprint density at radius 2 is 1.72 bits per heavy atom. The van der Waals surface area contributed by atoms with E-state index in [1.54, 1.807) is 31.2 Å². The van der Waals surface area contributed by atoms with Crippen molar-refractivity contribution >= 4 is 26.5 Å². The predicted molar refractivity (Wildman–Crippen MR) is 167 cm³/mol. The molecular formula is C32H45N3O3S. The number of hydrogen-bond acceptors (Lipinski definition) is 5. The van der Waals surface area contributed by atoms with Crippen molar-refractivity contribution in [3.63, 3.8) is 0 Å². The van der Waals surface area contributed by atoms with Crippen LogP contribution in [0.15, 0.2) is 113 Å². The molecule has 2 aromatic rings. The minimum atomic E-state index is -3.84. The first-order valence-electron chi connectivity index (χ1n) is 13.3. The molecule has 0 saturated carbocycles. The second-order valence-electron chi connectivity index (χ2n) is 9.54. The number of sulfonamides is 1. The number of aliphatic hydroxyl groups excluding tert-OH is 1. The van der Waals surface area contributed by atoms with Crippen molar-refractivity contribution in [1.82, 2.24) is 10.1 Å². The summed E-state index contributed by atoms with van der Waals surface area (Å²) in [6.07, 6.45) is 14.7. The highest BCUT2D eigenvalue weighted by Gasteiger charge is 2.27. The fourth-order valence-electron chi connectivity index (χ4n) is 3.82. The first kappa shape index (κ1) is 33.6. The molecule has 0 amide bonds.